The number of rotatable bonds is 8. The van der Waals surface area contributed by atoms with Crippen molar-refractivity contribution in [3.8, 4) is 11.5 Å². The largest absolute Gasteiger partial charge is 0.493 e. The summed E-state index contributed by atoms with van der Waals surface area (Å²) in [6.07, 6.45) is 1.61. The Morgan fingerprint density at radius 2 is 1.84 bits per heavy atom. The van der Waals surface area contributed by atoms with Crippen LogP contribution in [0.3, 0.4) is 0 Å². The first-order valence-corrected chi connectivity index (χ1v) is 11.1. The van der Waals surface area contributed by atoms with Crippen LogP contribution in [0, 0.1) is 0 Å². The average molecular weight is 474 g/mol. The monoisotopic (exact) mass is 473 g/mol. The summed E-state index contributed by atoms with van der Waals surface area (Å²) in [5.74, 6) is 1.90. The van der Waals surface area contributed by atoms with Crippen molar-refractivity contribution in [1.82, 2.24) is 0 Å². The summed E-state index contributed by atoms with van der Waals surface area (Å²) in [4.78, 5) is 0. The molecule has 0 radical (unpaired) electrons. The van der Waals surface area contributed by atoms with E-state index in [4.69, 9.17) is 38.4 Å². The Bertz CT molecular complexity index is 1080. The minimum Gasteiger partial charge on any atom is -0.493 e. The lowest BCUT2D eigenvalue weighted by Crippen LogP contribution is -2.06. The fraction of sp³-hybridized carbons (Fsp3) is 0.130. The number of amidine groups is 1. The molecule has 0 aliphatic carbocycles. The van der Waals surface area contributed by atoms with E-state index in [2.05, 4.69) is 10.2 Å². The van der Waals surface area contributed by atoms with Gasteiger partial charge in [-0.3, -0.25) is 0 Å². The van der Waals surface area contributed by atoms with E-state index in [0.29, 0.717) is 33.3 Å². The molecule has 3 aromatic rings. The third kappa shape index (κ3) is 7.21. The third-order valence-corrected chi connectivity index (χ3v) is 5.62. The summed E-state index contributed by atoms with van der Waals surface area (Å²) in [5, 5.41) is 9.62. The van der Waals surface area contributed by atoms with Crippen molar-refractivity contribution in [2.45, 2.75) is 12.4 Å². The molecule has 3 rings (SSSR count). The van der Waals surface area contributed by atoms with Crippen molar-refractivity contribution in [3.63, 3.8) is 0 Å². The van der Waals surface area contributed by atoms with Gasteiger partial charge in [0, 0.05) is 21.4 Å². The van der Waals surface area contributed by atoms with Crippen molar-refractivity contribution in [1.29, 1.82) is 0 Å². The summed E-state index contributed by atoms with van der Waals surface area (Å²) < 4.78 is 11.3. The molecule has 0 spiro atoms. The van der Waals surface area contributed by atoms with Gasteiger partial charge >= 0.3 is 0 Å². The maximum atomic E-state index is 6.20. The Labute approximate surface area is 195 Å². The highest BCUT2D eigenvalue weighted by molar-refractivity contribution is 8.13. The van der Waals surface area contributed by atoms with Gasteiger partial charge in [0.25, 0.3) is 0 Å². The molecule has 3 aromatic carbocycles. The van der Waals surface area contributed by atoms with Crippen LogP contribution in [-0.2, 0) is 12.4 Å². The normalized spacial score (nSPS) is 11.6. The van der Waals surface area contributed by atoms with E-state index in [9.17, 15) is 0 Å². The Morgan fingerprint density at radius 1 is 1.03 bits per heavy atom. The molecule has 0 bridgehead atoms. The minimum atomic E-state index is 0.291. The van der Waals surface area contributed by atoms with Crippen LogP contribution >= 0.6 is 35.0 Å². The number of nitrogens with zero attached hydrogens (tertiary/aromatic N) is 2. The van der Waals surface area contributed by atoms with Gasteiger partial charge in [0.05, 0.1) is 13.3 Å². The van der Waals surface area contributed by atoms with E-state index in [1.165, 1.54) is 17.3 Å². The SMILES string of the molecule is COc1cc(C=NN=C(N)SCc2ccccc2)ccc1OCc1ccc(Cl)cc1Cl. The van der Waals surface area contributed by atoms with Crippen LogP contribution in [0.5, 0.6) is 11.5 Å². The van der Waals surface area contributed by atoms with Gasteiger partial charge in [0.2, 0.25) is 0 Å². The molecule has 8 heteroatoms. The van der Waals surface area contributed by atoms with Crippen molar-refractivity contribution in [2.24, 2.45) is 15.9 Å². The van der Waals surface area contributed by atoms with Crippen LogP contribution in [0.4, 0.5) is 0 Å². The highest BCUT2D eigenvalue weighted by Crippen LogP contribution is 2.30. The Morgan fingerprint density at radius 3 is 2.58 bits per heavy atom. The van der Waals surface area contributed by atoms with E-state index in [1.54, 1.807) is 31.5 Å². The summed E-state index contributed by atoms with van der Waals surface area (Å²) in [6.45, 7) is 0.291. The number of nitrogens with two attached hydrogens (primary N) is 1. The molecular weight excluding hydrogens is 453 g/mol. The lowest BCUT2D eigenvalue weighted by molar-refractivity contribution is 0.284. The van der Waals surface area contributed by atoms with Crippen LogP contribution in [0.15, 0.2) is 76.9 Å². The molecule has 0 aliphatic heterocycles. The quantitative estimate of drug-likeness (QED) is 0.241. The molecule has 0 saturated carbocycles. The molecule has 0 amide bonds. The van der Waals surface area contributed by atoms with E-state index >= 15 is 0 Å². The van der Waals surface area contributed by atoms with Crippen molar-refractivity contribution in [2.75, 3.05) is 7.11 Å². The molecular formula is C23H21Cl2N3O2S. The first-order chi connectivity index (χ1) is 15.0. The molecule has 0 saturated heterocycles. The van der Waals surface area contributed by atoms with E-state index in [0.717, 1.165) is 16.9 Å². The van der Waals surface area contributed by atoms with Crippen molar-refractivity contribution >= 4 is 46.3 Å². The van der Waals surface area contributed by atoms with E-state index in [-0.39, 0.29) is 0 Å². The van der Waals surface area contributed by atoms with Crippen LogP contribution in [0.25, 0.3) is 0 Å². The van der Waals surface area contributed by atoms with Gasteiger partial charge in [-0.1, -0.05) is 71.4 Å². The lowest BCUT2D eigenvalue weighted by atomic mass is 10.2. The number of halogens is 2. The van der Waals surface area contributed by atoms with Crippen LogP contribution < -0.4 is 15.2 Å². The standard InChI is InChI=1S/C23H21Cl2N3O2S/c1-29-22-11-17(13-27-28-23(26)31-15-16-5-3-2-4-6-16)7-10-21(22)30-14-18-8-9-19(24)12-20(18)25/h2-13H,14-15H2,1H3,(H2,26,28). The molecule has 0 unspecified atom stereocenters. The second kappa shape index (κ2) is 11.6. The number of methoxy groups -OCH3 is 1. The highest BCUT2D eigenvalue weighted by atomic mass is 35.5. The van der Waals surface area contributed by atoms with Crippen molar-refractivity contribution < 1.29 is 9.47 Å². The second-order valence-corrected chi connectivity index (χ2v) is 8.23. The Kier molecular flexibility index (Phi) is 8.64. The fourth-order valence-corrected chi connectivity index (χ4v) is 3.67. The zero-order chi connectivity index (χ0) is 22.1. The van der Waals surface area contributed by atoms with Gasteiger partial charge in [0.15, 0.2) is 16.7 Å². The number of hydrogen-bond donors (Lipinski definition) is 1. The molecule has 0 heterocycles. The summed E-state index contributed by atoms with van der Waals surface area (Å²) in [7, 11) is 1.58. The lowest BCUT2D eigenvalue weighted by Gasteiger charge is -2.12. The van der Waals surface area contributed by atoms with Crippen LogP contribution in [-0.4, -0.2) is 18.5 Å². The second-order valence-electron chi connectivity index (χ2n) is 6.39. The zero-order valence-corrected chi connectivity index (χ0v) is 19.1. The number of ether oxygens (including phenoxy) is 2. The first kappa shape index (κ1) is 23.0. The summed E-state index contributed by atoms with van der Waals surface area (Å²) >= 11 is 13.6. The van der Waals surface area contributed by atoms with Gasteiger partial charge in [-0.05, 0) is 41.5 Å². The maximum absolute atomic E-state index is 6.20. The topological polar surface area (TPSA) is 69.2 Å². The Hall–Kier alpha value is -2.67. The molecule has 2 N–H and O–H groups in total. The molecule has 160 valence electrons. The highest BCUT2D eigenvalue weighted by Gasteiger charge is 2.08. The number of hydrogen-bond acceptors (Lipinski definition) is 5. The molecule has 0 atom stereocenters. The van der Waals surface area contributed by atoms with Crippen molar-refractivity contribution in [3.05, 3.63) is 93.5 Å². The predicted octanol–water partition coefficient (Wildman–Crippen LogP) is 6.16. The molecule has 0 fully saturated rings. The van der Waals surface area contributed by atoms with Crippen LogP contribution in [0.2, 0.25) is 10.0 Å². The predicted molar refractivity (Wildman–Crippen MR) is 131 cm³/mol. The summed E-state index contributed by atoms with van der Waals surface area (Å²) in [6, 6.07) is 20.8. The van der Waals surface area contributed by atoms with E-state index < -0.39 is 0 Å². The van der Waals surface area contributed by atoms with Gasteiger partial charge in [0.1, 0.15) is 6.61 Å². The third-order valence-electron chi connectivity index (χ3n) is 4.18. The van der Waals surface area contributed by atoms with Gasteiger partial charge in [-0.25, -0.2) is 0 Å². The Balaban J connectivity index is 1.59. The van der Waals surface area contributed by atoms with Crippen LogP contribution in [0.1, 0.15) is 16.7 Å². The summed E-state index contributed by atoms with van der Waals surface area (Å²) in [5.41, 5.74) is 8.73. The fourth-order valence-electron chi connectivity index (χ4n) is 2.59. The molecule has 31 heavy (non-hydrogen) atoms. The number of benzene rings is 3. The zero-order valence-electron chi connectivity index (χ0n) is 16.8. The molecule has 5 nitrogen and oxygen atoms in total. The molecule has 0 aliphatic rings. The smallest absolute Gasteiger partial charge is 0.180 e. The molecule has 0 aromatic heterocycles. The number of thioether (sulfide) groups is 1. The van der Waals surface area contributed by atoms with Gasteiger partial charge < -0.3 is 15.2 Å². The maximum Gasteiger partial charge on any atom is 0.180 e. The first-order valence-electron chi connectivity index (χ1n) is 9.33. The average Bonchev–Trinajstić information content (AvgIpc) is 2.78. The van der Waals surface area contributed by atoms with Gasteiger partial charge in [-0.15, -0.1) is 5.10 Å². The van der Waals surface area contributed by atoms with Gasteiger partial charge in [-0.2, -0.15) is 5.10 Å². The minimum absolute atomic E-state index is 0.291. The van der Waals surface area contributed by atoms with E-state index in [1.807, 2.05) is 48.5 Å².